The van der Waals surface area contributed by atoms with Crippen LogP contribution in [0, 0.1) is 0 Å². The van der Waals surface area contributed by atoms with Crippen LogP contribution in [0.1, 0.15) is 13.3 Å². The monoisotopic (exact) mass is 308 g/mol. The average molecular weight is 309 g/mol. The fraction of sp³-hybridized carbons (Fsp3) is 0.500. The maximum Gasteiger partial charge on any atom is 0.254 e. The molecule has 1 aromatic rings. The Hall–Kier alpha value is -0.630. The van der Waals surface area contributed by atoms with Gasteiger partial charge in [-0.1, -0.05) is 11.6 Å². The summed E-state index contributed by atoms with van der Waals surface area (Å²) in [5, 5.41) is 4.51. The number of nitrogens with zero attached hydrogens (tertiary/aromatic N) is 1. The third kappa shape index (κ3) is 2.40. The van der Waals surface area contributed by atoms with Crippen molar-refractivity contribution in [2.24, 2.45) is 0 Å². The van der Waals surface area contributed by atoms with Crippen molar-refractivity contribution in [1.29, 1.82) is 0 Å². The maximum atomic E-state index is 12.4. The molecule has 2 rings (SSSR count). The summed E-state index contributed by atoms with van der Waals surface area (Å²) in [5.41, 5.74) is 0. The summed E-state index contributed by atoms with van der Waals surface area (Å²) in [5.74, 6) is -0.274. The van der Waals surface area contributed by atoms with E-state index in [0.717, 1.165) is 11.3 Å². The molecule has 1 atom stereocenters. The molecule has 1 fully saturated rings. The van der Waals surface area contributed by atoms with Gasteiger partial charge in [0.2, 0.25) is 5.91 Å². The molecule has 1 aliphatic heterocycles. The number of thiophene rings is 1. The fourth-order valence-corrected chi connectivity index (χ4v) is 5.24. The highest BCUT2D eigenvalue weighted by molar-refractivity contribution is 7.91. The standard InChI is InChI=1S/C10H13ClN2O3S2/c1-7-9(14)12-4-2-5-13(7)18(15,16)10-8(11)3-6-17-10/h3,6-7H,2,4-5H2,1H3,(H,12,14)/t7-/m1/s1. The Morgan fingerprint density at radius 1 is 1.56 bits per heavy atom. The zero-order chi connectivity index (χ0) is 13.3. The van der Waals surface area contributed by atoms with Crippen LogP contribution in [0.5, 0.6) is 0 Å². The number of hydrogen-bond acceptors (Lipinski definition) is 4. The van der Waals surface area contributed by atoms with Crippen LogP contribution in [-0.2, 0) is 14.8 Å². The second-order valence-corrected chi connectivity index (χ2v) is 7.40. The molecule has 8 heteroatoms. The molecule has 1 aliphatic rings. The van der Waals surface area contributed by atoms with Crippen molar-refractivity contribution >= 4 is 38.9 Å². The summed E-state index contributed by atoms with van der Waals surface area (Å²) in [7, 11) is -3.70. The molecule has 100 valence electrons. The van der Waals surface area contributed by atoms with Gasteiger partial charge < -0.3 is 5.32 Å². The van der Waals surface area contributed by atoms with E-state index in [2.05, 4.69) is 5.32 Å². The first-order chi connectivity index (χ1) is 8.44. The summed E-state index contributed by atoms with van der Waals surface area (Å²) >= 11 is 6.94. The topological polar surface area (TPSA) is 66.5 Å². The highest BCUT2D eigenvalue weighted by atomic mass is 35.5. The van der Waals surface area contributed by atoms with Gasteiger partial charge in [0.15, 0.2) is 4.21 Å². The first kappa shape index (κ1) is 13.8. The molecule has 5 nitrogen and oxygen atoms in total. The van der Waals surface area contributed by atoms with Crippen LogP contribution in [0.2, 0.25) is 5.02 Å². The van der Waals surface area contributed by atoms with Crippen molar-refractivity contribution < 1.29 is 13.2 Å². The Bertz CT molecular complexity index is 555. The summed E-state index contributed by atoms with van der Waals surface area (Å²) in [6.45, 7) is 2.39. The van der Waals surface area contributed by atoms with E-state index in [0.29, 0.717) is 19.5 Å². The molecule has 1 amide bonds. The van der Waals surface area contributed by atoms with Gasteiger partial charge in [0, 0.05) is 13.1 Å². The Labute approximate surface area is 115 Å². The summed E-state index contributed by atoms with van der Waals surface area (Å²) in [6.07, 6.45) is 0.596. The maximum absolute atomic E-state index is 12.4. The van der Waals surface area contributed by atoms with E-state index in [-0.39, 0.29) is 15.1 Å². The Morgan fingerprint density at radius 3 is 2.89 bits per heavy atom. The minimum Gasteiger partial charge on any atom is -0.355 e. The molecule has 18 heavy (non-hydrogen) atoms. The van der Waals surface area contributed by atoms with E-state index in [1.54, 1.807) is 18.4 Å². The predicted molar refractivity (Wildman–Crippen MR) is 70.3 cm³/mol. The minimum absolute atomic E-state index is 0.103. The van der Waals surface area contributed by atoms with E-state index >= 15 is 0 Å². The predicted octanol–water partition coefficient (Wildman–Crippen LogP) is 1.30. The number of nitrogens with one attached hydrogen (secondary N) is 1. The van der Waals surface area contributed by atoms with Crippen LogP contribution in [0.4, 0.5) is 0 Å². The molecule has 0 aliphatic carbocycles. The Morgan fingerprint density at radius 2 is 2.28 bits per heavy atom. The van der Waals surface area contributed by atoms with E-state index in [1.165, 1.54) is 4.31 Å². The lowest BCUT2D eigenvalue weighted by Gasteiger charge is -2.24. The third-order valence-corrected chi connectivity index (χ3v) is 6.76. The number of rotatable bonds is 2. The van der Waals surface area contributed by atoms with Crippen molar-refractivity contribution in [2.45, 2.75) is 23.6 Å². The number of hydrogen-bond donors (Lipinski definition) is 1. The Kier molecular flexibility index (Phi) is 3.96. The van der Waals surface area contributed by atoms with E-state index < -0.39 is 16.1 Å². The van der Waals surface area contributed by atoms with Crippen molar-refractivity contribution in [3.8, 4) is 0 Å². The SMILES string of the molecule is C[C@@H]1C(=O)NCCCN1S(=O)(=O)c1sccc1Cl. The van der Waals surface area contributed by atoms with Gasteiger partial charge in [0.05, 0.1) is 5.02 Å². The molecule has 0 aromatic carbocycles. The van der Waals surface area contributed by atoms with E-state index in [1.807, 2.05) is 0 Å². The number of carbonyl (C=O) groups is 1. The van der Waals surface area contributed by atoms with Crippen LogP contribution in [0.3, 0.4) is 0 Å². The van der Waals surface area contributed by atoms with Crippen molar-refractivity contribution in [1.82, 2.24) is 9.62 Å². The molecule has 0 radical (unpaired) electrons. The number of sulfonamides is 1. The molecule has 1 aromatic heterocycles. The van der Waals surface area contributed by atoms with Gasteiger partial charge in [-0.05, 0) is 24.8 Å². The highest BCUT2D eigenvalue weighted by Crippen LogP contribution is 2.31. The zero-order valence-electron chi connectivity index (χ0n) is 9.72. The molecule has 1 saturated heterocycles. The van der Waals surface area contributed by atoms with Gasteiger partial charge in [-0.3, -0.25) is 4.79 Å². The molecule has 1 N–H and O–H groups in total. The van der Waals surface area contributed by atoms with Gasteiger partial charge in [0.25, 0.3) is 10.0 Å². The van der Waals surface area contributed by atoms with Crippen LogP contribution in [0.15, 0.2) is 15.7 Å². The second kappa shape index (κ2) is 5.16. The largest absolute Gasteiger partial charge is 0.355 e. The smallest absolute Gasteiger partial charge is 0.254 e. The van der Waals surface area contributed by atoms with Gasteiger partial charge in [0.1, 0.15) is 6.04 Å². The summed E-state index contributed by atoms with van der Waals surface area (Å²) < 4.78 is 26.2. The lowest BCUT2D eigenvalue weighted by Crippen LogP contribution is -2.45. The average Bonchev–Trinajstić information content (AvgIpc) is 2.67. The van der Waals surface area contributed by atoms with E-state index in [9.17, 15) is 13.2 Å². The molecule has 0 unspecified atom stereocenters. The van der Waals surface area contributed by atoms with E-state index in [4.69, 9.17) is 11.6 Å². The first-order valence-corrected chi connectivity index (χ1v) is 8.17. The van der Waals surface area contributed by atoms with Crippen LogP contribution < -0.4 is 5.32 Å². The first-order valence-electron chi connectivity index (χ1n) is 5.47. The van der Waals surface area contributed by atoms with Crippen molar-refractivity contribution in [3.05, 3.63) is 16.5 Å². The normalized spacial score (nSPS) is 22.6. The highest BCUT2D eigenvalue weighted by Gasteiger charge is 2.35. The molecule has 2 heterocycles. The van der Waals surface area contributed by atoms with Crippen LogP contribution >= 0.6 is 22.9 Å². The van der Waals surface area contributed by atoms with Crippen LogP contribution in [0.25, 0.3) is 0 Å². The molecule has 0 saturated carbocycles. The summed E-state index contributed by atoms with van der Waals surface area (Å²) in [4.78, 5) is 11.7. The quantitative estimate of drug-likeness (QED) is 0.895. The molecule has 0 spiro atoms. The zero-order valence-corrected chi connectivity index (χ0v) is 12.1. The van der Waals surface area contributed by atoms with Crippen molar-refractivity contribution in [3.63, 3.8) is 0 Å². The third-order valence-electron chi connectivity index (χ3n) is 2.79. The van der Waals surface area contributed by atoms with Crippen LogP contribution in [-0.4, -0.2) is 37.8 Å². The lowest BCUT2D eigenvalue weighted by molar-refractivity contribution is -0.123. The summed E-state index contributed by atoms with van der Waals surface area (Å²) in [6, 6.07) is 0.831. The number of amides is 1. The fourth-order valence-electron chi connectivity index (χ4n) is 1.82. The van der Waals surface area contributed by atoms with Gasteiger partial charge in [-0.15, -0.1) is 11.3 Å². The number of carbonyl (C=O) groups excluding carboxylic acids is 1. The minimum atomic E-state index is -3.70. The molecular weight excluding hydrogens is 296 g/mol. The van der Waals surface area contributed by atoms with Gasteiger partial charge in [-0.2, -0.15) is 4.31 Å². The lowest BCUT2D eigenvalue weighted by atomic mass is 10.3. The Balaban J connectivity index is 2.40. The van der Waals surface area contributed by atoms with Crippen molar-refractivity contribution in [2.75, 3.05) is 13.1 Å². The number of halogens is 1. The molecular formula is C10H13ClN2O3S2. The van der Waals surface area contributed by atoms with Gasteiger partial charge in [-0.25, -0.2) is 8.42 Å². The second-order valence-electron chi connectivity index (χ2n) is 3.99. The molecule has 0 bridgehead atoms. The van der Waals surface area contributed by atoms with Gasteiger partial charge >= 0.3 is 0 Å².